The number of rotatable bonds is 4. The predicted octanol–water partition coefficient (Wildman–Crippen LogP) is 5.08. The first kappa shape index (κ1) is 19.9. The second-order valence-electron chi connectivity index (χ2n) is 6.78. The molecule has 0 radical (unpaired) electrons. The summed E-state index contributed by atoms with van der Waals surface area (Å²) in [7, 11) is 1.56. The average Bonchev–Trinajstić information content (AvgIpc) is 3.05. The Morgan fingerprint density at radius 1 is 0.933 bits per heavy atom. The van der Waals surface area contributed by atoms with E-state index < -0.39 is 17.7 Å². The Bertz CT molecular complexity index is 1120. The molecular weight excluding hydrogens is 446 g/mol. The van der Waals surface area contributed by atoms with E-state index in [0.29, 0.717) is 22.6 Å². The summed E-state index contributed by atoms with van der Waals surface area (Å²) in [4.78, 5) is 27.5. The molecule has 3 aromatic carbocycles. The van der Waals surface area contributed by atoms with Gasteiger partial charge in [-0.15, -0.1) is 0 Å². The molecule has 5 nitrogen and oxygen atoms in total. The lowest BCUT2D eigenvalue weighted by atomic mass is 9.95. The lowest BCUT2D eigenvalue weighted by molar-refractivity contribution is -0.132. The van der Waals surface area contributed by atoms with Crippen molar-refractivity contribution in [2.45, 2.75) is 6.04 Å². The van der Waals surface area contributed by atoms with Gasteiger partial charge in [-0.25, -0.2) is 0 Å². The number of halogens is 1. The molecule has 30 heavy (non-hydrogen) atoms. The number of Topliss-reactive ketones (excluding diaryl/α,β-unsaturated/α-hetero) is 1. The molecule has 0 bridgehead atoms. The largest absolute Gasteiger partial charge is 0.507 e. The Kier molecular flexibility index (Phi) is 5.42. The fourth-order valence-corrected chi connectivity index (χ4v) is 3.82. The van der Waals surface area contributed by atoms with Crippen LogP contribution in [0.15, 0.2) is 88.9 Å². The number of aliphatic hydroxyl groups excluding tert-OH is 1. The van der Waals surface area contributed by atoms with Crippen molar-refractivity contribution >= 4 is 39.1 Å². The van der Waals surface area contributed by atoms with E-state index in [1.165, 1.54) is 4.90 Å². The number of benzene rings is 3. The van der Waals surface area contributed by atoms with Crippen molar-refractivity contribution in [3.63, 3.8) is 0 Å². The summed E-state index contributed by atoms with van der Waals surface area (Å²) >= 11 is 3.41. The van der Waals surface area contributed by atoms with E-state index in [0.717, 1.165) is 4.47 Å². The van der Waals surface area contributed by atoms with Crippen molar-refractivity contribution < 1.29 is 19.4 Å². The van der Waals surface area contributed by atoms with Gasteiger partial charge in [-0.1, -0.05) is 58.4 Å². The molecule has 0 aromatic heterocycles. The fraction of sp³-hybridized carbons (Fsp3) is 0.0833. The third-order valence-corrected chi connectivity index (χ3v) is 5.56. The van der Waals surface area contributed by atoms with Gasteiger partial charge in [0.1, 0.15) is 11.5 Å². The second kappa shape index (κ2) is 8.16. The van der Waals surface area contributed by atoms with Crippen LogP contribution >= 0.6 is 15.9 Å². The highest BCUT2D eigenvalue weighted by atomic mass is 79.9. The van der Waals surface area contributed by atoms with Crippen LogP contribution in [0.25, 0.3) is 5.76 Å². The van der Waals surface area contributed by atoms with Crippen LogP contribution < -0.4 is 9.64 Å². The van der Waals surface area contributed by atoms with Gasteiger partial charge in [0.05, 0.1) is 18.7 Å². The Labute approximate surface area is 182 Å². The molecule has 0 unspecified atom stereocenters. The zero-order valence-corrected chi connectivity index (χ0v) is 17.7. The van der Waals surface area contributed by atoms with E-state index in [2.05, 4.69) is 15.9 Å². The van der Waals surface area contributed by atoms with Gasteiger partial charge in [0.15, 0.2) is 0 Å². The first-order valence-corrected chi connectivity index (χ1v) is 10.1. The van der Waals surface area contributed by atoms with E-state index in [1.807, 2.05) is 30.3 Å². The molecule has 1 heterocycles. The van der Waals surface area contributed by atoms with Crippen molar-refractivity contribution in [3.05, 3.63) is 100 Å². The smallest absolute Gasteiger partial charge is 0.300 e. The molecule has 1 saturated heterocycles. The van der Waals surface area contributed by atoms with Gasteiger partial charge in [0, 0.05) is 15.7 Å². The number of ether oxygens (including phenoxy) is 1. The number of anilines is 1. The molecule has 1 fully saturated rings. The minimum absolute atomic E-state index is 0.0596. The molecule has 3 aromatic rings. The van der Waals surface area contributed by atoms with Crippen LogP contribution in [0, 0.1) is 0 Å². The minimum atomic E-state index is -0.758. The molecule has 1 N–H and O–H groups in total. The highest BCUT2D eigenvalue weighted by Crippen LogP contribution is 2.42. The molecule has 6 heteroatoms. The van der Waals surface area contributed by atoms with Gasteiger partial charge in [0.25, 0.3) is 11.7 Å². The Balaban J connectivity index is 1.92. The number of amides is 1. The maximum absolute atomic E-state index is 13.0. The molecule has 0 aliphatic carbocycles. The number of hydrogen-bond donors (Lipinski definition) is 1. The van der Waals surface area contributed by atoms with Crippen LogP contribution in [0.1, 0.15) is 17.2 Å². The zero-order valence-electron chi connectivity index (χ0n) is 16.1. The van der Waals surface area contributed by atoms with Crippen LogP contribution in [-0.2, 0) is 9.59 Å². The van der Waals surface area contributed by atoms with E-state index >= 15 is 0 Å². The first-order valence-electron chi connectivity index (χ1n) is 9.27. The van der Waals surface area contributed by atoms with Crippen LogP contribution in [0.4, 0.5) is 5.69 Å². The van der Waals surface area contributed by atoms with Gasteiger partial charge < -0.3 is 9.84 Å². The summed E-state index contributed by atoms with van der Waals surface area (Å²) in [6.45, 7) is 0. The number of carbonyl (C=O) groups excluding carboxylic acids is 2. The van der Waals surface area contributed by atoms with Gasteiger partial charge in [-0.2, -0.15) is 0 Å². The SMILES string of the molecule is COc1ccc(N2C(=O)C(=O)/C(=C(/O)c3ccccc3)[C@H]2c2ccc(Br)cc2)cc1. The maximum Gasteiger partial charge on any atom is 0.300 e. The summed E-state index contributed by atoms with van der Waals surface area (Å²) in [6, 6.07) is 22.2. The summed E-state index contributed by atoms with van der Waals surface area (Å²) in [5.41, 5.74) is 1.79. The monoisotopic (exact) mass is 463 g/mol. The number of carbonyl (C=O) groups is 2. The highest BCUT2D eigenvalue weighted by Gasteiger charge is 2.46. The number of hydrogen-bond acceptors (Lipinski definition) is 4. The van der Waals surface area contributed by atoms with E-state index in [1.54, 1.807) is 55.6 Å². The van der Waals surface area contributed by atoms with Crippen molar-refractivity contribution in [1.29, 1.82) is 0 Å². The molecule has 1 amide bonds. The van der Waals surface area contributed by atoms with Crippen LogP contribution in [0.5, 0.6) is 5.75 Å². The Morgan fingerprint density at radius 3 is 2.17 bits per heavy atom. The molecule has 150 valence electrons. The van der Waals surface area contributed by atoms with Crippen LogP contribution in [-0.4, -0.2) is 23.9 Å². The maximum atomic E-state index is 13.0. The normalized spacial score (nSPS) is 17.9. The number of ketones is 1. The molecule has 1 aliphatic heterocycles. The van der Waals surface area contributed by atoms with Gasteiger partial charge in [-0.05, 0) is 42.0 Å². The van der Waals surface area contributed by atoms with E-state index in [9.17, 15) is 14.7 Å². The van der Waals surface area contributed by atoms with Crippen molar-refractivity contribution in [2.75, 3.05) is 12.0 Å². The molecule has 4 rings (SSSR count). The lowest BCUT2D eigenvalue weighted by Gasteiger charge is -2.25. The summed E-state index contributed by atoms with van der Waals surface area (Å²) in [5, 5.41) is 11.0. The highest BCUT2D eigenvalue weighted by molar-refractivity contribution is 9.10. The van der Waals surface area contributed by atoms with Crippen LogP contribution in [0.2, 0.25) is 0 Å². The van der Waals surface area contributed by atoms with E-state index in [-0.39, 0.29) is 11.3 Å². The number of nitrogens with zero attached hydrogens (tertiary/aromatic N) is 1. The summed E-state index contributed by atoms with van der Waals surface area (Å²) in [6.07, 6.45) is 0. The van der Waals surface area contributed by atoms with Crippen molar-refractivity contribution in [3.8, 4) is 5.75 Å². The molecule has 1 atom stereocenters. The molecular formula is C24H18BrNO4. The topological polar surface area (TPSA) is 66.8 Å². The van der Waals surface area contributed by atoms with Crippen LogP contribution in [0.3, 0.4) is 0 Å². The average molecular weight is 464 g/mol. The summed E-state index contributed by atoms with van der Waals surface area (Å²) < 4.78 is 6.07. The van der Waals surface area contributed by atoms with Gasteiger partial charge in [0.2, 0.25) is 0 Å². The zero-order chi connectivity index (χ0) is 21.3. The Morgan fingerprint density at radius 2 is 1.57 bits per heavy atom. The molecule has 0 spiro atoms. The third kappa shape index (κ3) is 3.50. The number of methoxy groups -OCH3 is 1. The summed E-state index contributed by atoms with van der Waals surface area (Å²) in [5.74, 6) is -0.969. The van der Waals surface area contributed by atoms with Gasteiger partial charge in [-0.3, -0.25) is 14.5 Å². The predicted molar refractivity (Wildman–Crippen MR) is 118 cm³/mol. The standard InChI is InChI=1S/C24H18BrNO4/c1-30-19-13-11-18(12-14-19)26-21(15-7-9-17(25)10-8-15)20(23(28)24(26)29)22(27)16-5-3-2-4-6-16/h2-14,21,27H,1H3/b22-20+/t21-/m1/s1. The second-order valence-corrected chi connectivity index (χ2v) is 7.70. The van der Waals surface area contributed by atoms with Crippen molar-refractivity contribution in [1.82, 2.24) is 0 Å². The lowest BCUT2D eigenvalue weighted by Crippen LogP contribution is -2.29. The van der Waals surface area contributed by atoms with Gasteiger partial charge >= 0.3 is 0 Å². The first-order chi connectivity index (χ1) is 14.5. The minimum Gasteiger partial charge on any atom is -0.507 e. The Hall–Kier alpha value is -3.38. The molecule has 0 saturated carbocycles. The fourth-order valence-electron chi connectivity index (χ4n) is 3.55. The van der Waals surface area contributed by atoms with Crippen molar-refractivity contribution in [2.24, 2.45) is 0 Å². The quantitative estimate of drug-likeness (QED) is 0.332. The number of aliphatic hydroxyl groups is 1. The van der Waals surface area contributed by atoms with E-state index in [4.69, 9.17) is 4.74 Å². The third-order valence-electron chi connectivity index (χ3n) is 5.03. The molecule has 1 aliphatic rings.